The molecule has 0 atom stereocenters. The molecule has 1 aromatic heterocycles. The molecule has 0 spiro atoms. The fourth-order valence-electron chi connectivity index (χ4n) is 2.62. The van der Waals surface area contributed by atoms with E-state index in [-0.39, 0.29) is 0 Å². The zero-order valence-corrected chi connectivity index (χ0v) is 14.6. The highest BCUT2D eigenvalue weighted by atomic mass is 16.4. The van der Waals surface area contributed by atoms with Gasteiger partial charge >= 0.3 is 0 Å². The van der Waals surface area contributed by atoms with Crippen LogP contribution in [0, 0.1) is 0 Å². The number of hydrogen-bond donors (Lipinski definition) is 0. The highest BCUT2D eigenvalue weighted by molar-refractivity contribution is 5.61. The van der Waals surface area contributed by atoms with Crippen molar-refractivity contribution in [3.63, 3.8) is 0 Å². The van der Waals surface area contributed by atoms with E-state index in [4.69, 9.17) is 4.42 Å². The minimum atomic E-state index is 0.525. The first-order chi connectivity index (χ1) is 13.4. The van der Waals surface area contributed by atoms with Gasteiger partial charge in [0.15, 0.2) is 5.76 Å². The smallest absolute Gasteiger partial charge is 0.226 e. The average molecular weight is 351 g/mol. The van der Waals surface area contributed by atoms with E-state index in [0.717, 1.165) is 28.1 Å². The summed E-state index contributed by atoms with van der Waals surface area (Å²) in [4.78, 5) is 12.8. The van der Waals surface area contributed by atoms with Crippen LogP contribution in [0.2, 0.25) is 0 Å². The molecule has 4 nitrogen and oxygen atoms in total. The summed E-state index contributed by atoms with van der Waals surface area (Å²) >= 11 is 0. The standard InChI is InChI=1S/C23H17N3O/c1-3-7-19(8-4-1)22-16-25-23(27-22)20-13-11-18(12-14-20)15-24-17-26-21-9-5-2-6-10-21/h1-14,16H,15H2. The predicted octanol–water partition coefficient (Wildman–Crippen LogP) is 6.01. The van der Waals surface area contributed by atoms with Gasteiger partial charge in [-0.1, -0.05) is 60.7 Å². The number of hydrogen-bond acceptors (Lipinski definition) is 4. The lowest BCUT2D eigenvalue weighted by atomic mass is 10.1. The molecule has 0 aliphatic rings. The van der Waals surface area contributed by atoms with Crippen LogP contribution in [0.5, 0.6) is 0 Å². The van der Waals surface area contributed by atoms with Crippen molar-refractivity contribution >= 4 is 11.7 Å². The molecule has 27 heavy (non-hydrogen) atoms. The van der Waals surface area contributed by atoms with Crippen molar-refractivity contribution in [1.82, 2.24) is 4.98 Å². The molecule has 0 fully saturated rings. The van der Waals surface area contributed by atoms with Crippen LogP contribution in [0.15, 0.2) is 106 Å². The van der Waals surface area contributed by atoms with Crippen LogP contribution in [-0.2, 0) is 6.54 Å². The Bertz CT molecular complexity index is 1060. The van der Waals surface area contributed by atoms with Gasteiger partial charge < -0.3 is 4.42 Å². The third-order valence-electron chi connectivity index (χ3n) is 4.03. The molecule has 4 heteroatoms. The molecule has 0 saturated heterocycles. The van der Waals surface area contributed by atoms with E-state index in [1.807, 2.05) is 84.9 Å². The lowest BCUT2D eigenvalue weighted by molar-refractivity contribution is 0.589. The summed E-state index contributed by atoms with van der Waals surface area (Å²) in [5.74, 6) is 1.37. The van der Waals surface area contributed by atoms with E-state index in [9.17, 15) is 0 Å². The van der Waals surface area contributed by atoms with Crippen LogP contribution >= 0.6 is 0 Å². The minimum Gasteiger partial charge on any atom is -0.436 e. The van der Waals surface area contributed by atoms with Crippen molar-refractivity contribution in [2.24, 2.45) is 9.98 Å². The first kappa shape index (κ1) is 16.7. The topological polar surface area (TPSA) is 50.8 Å². The normalized spacial score (nSPS) is 10.2. The second-order valence-electron chi connectivity index (χ2n) is 5.96. The van der Waals surface area contributed by atoms with Crippen LogP contribution in [0.4, 0.5) is 5.69 Å². The molecule has 130 valence electrons. The zero-order chi connectivity index (χ0) is 18.3. The molecule has 0 saturated carbocycles. The van der Waals surface area contributed by atoms with Crippen molar-refractivity contribution in [3.8, 4) is 22.8 Å². The number of para-hydroxylation sites is 1. The summed E-state index contributed by atoms with van der Waals surface area (Å²) in [6, 6.07) is 30.3. The van der Waals surface area contributed by atoms with Gasteiger partial charge in [-0.2, -0.15) is 4.99 Å². The monoisotopic (exact) mass is 351 g/mol. The van der Waals surface area contributed by atoms with Gasteiger partial charge in [-0.15, -0.1) is 0 Å². The SMILES string of the molecule is C(=NCc1ccc(-c2ncc(-c3ccccc3)o2)cc1)=Nc1ccccc1. The Morgan fingerprint density at radius 3 is 2.22 bits per heavy atom. The largest absolute Gasteiger partial charge is 0.436 e. The zero-order valence-electron chi connectivity index (χ0n) is 14.6. The summed E-state index contributed by atoms with van der Waals surface area (Å²) in [7, 11) is 0. The number of nitrogens with zero attached hydrogens (tertiary/aromatic N) is 3. The van der Waals surface area contributed by atoms with E-state index in [2.05, 4.69) is 21.0 Å². The minimum absolute atomic E-state index is 0.525. The van der Waals surface area contributed by atoms with E-state index < -0.39 is 0 Å². The average Bonchev–Trinajstić information content (AvgIpc) is 3.23. The molecule has 0 unspecified atom stereocenters. The summed E-state index contributed by atoms with van der Waals surface area (Å²) in [5, 5.41) is 0. The molecule has 0 aliphatic carbocycles. The lowest BCUT2D eigenvalue weighted by Crippen LogP contribution is -1.82. The van der Waals surface area contributed by atoms with Crippen LogP contribution in [0.1, 0.15) is 5.56 Å². The third-order valence-corrected chi connectivity index (χ3v) is 4.03. The summed E-state index contributed by atoms with van der Waals surface area (Å²) in [6.45, 7) is 0.525. The van der Waals surface area contributed by atoms with Gasteiger partial charge in [-0.3, -0.25) is 0 Å². The van der Waals surface area contributed by atoms with E-state index in [1.165, 1.54) is 0 Å². The van der Waals surface area contributed by atoms with Crippen molar-refractivity contribution in [1.29, 1.82) is 0 Å². The molecule has 3 aromatic carbocycles. The van der Waals surface area contributed by atoms with Gasteiger partial charge in [0.2, 0.25) is 5.89 Å². The van der Waals surface area contributed by atoms with Crippen molar-refractivity contribution in [2.45, 2.75) is 6.54 Å². The fraction of sp³-hybridized carbons (Fsp3) is 0.0435. The number of rotatable bonds is 5. The number of aliphatic imine (C=N–C) groups is 2. The Kier molecular flexibility index (Phi) is 5.00. The van der Waals surface area contributed by atoms with Gasteiger partial charge in [0.1, 0.15) is 0 Å². The van der Waals surface area contributed by atoms with Crippen LogP contribution in [0.3, 0.4) is 0 Å². The molecule has 1 heterocycles. The first-order valence-electron chi connectivity index (χ1n) is 8.66. The lowest BCUT2D eigenvalue weighted by Gasteiger charge is -1.99. The Balaban J connectivity index is 1.43. The second kappa shape index (κ2) is 8.09. The second-order valence-corrected chi connectivity index (χ2v) is 5.96. The van der Waals surface area contributed by atoms with Gasteiger partial charge in [-0.25, -0.2) is 9.98 Å². The summed E-state index contributed by atoms with van der Waals surface area (Å²) in [6.07, 6.45) is 1.75. The van der Waals surface area contributed by atoms with Gasteiger partial charge in [0, 0.05) is 11.1 Å². The predicted molar refractivity (Wildman–Crippen MR) is 107 cm³/mol. The molecule has 4 aromatic rings. The Morgan fingerprint density at radius 2 is 1.48 bits per heavy atom. The van der Waals surface area contributed by atoms with Gasteiger partial charge in [-0.05, 0) is 29.8 Å². The molecular weight excluding hydrogens is 334 g/mol. The van der Waals surface area contributed by atoms with E-state index >= 15 is 0 Å². The molecule has 0 N–H and O–H groups in total. The Morgan fingerprint density at radius 1 is 0.778 bits per heavy atom. The van der Waals surface area contributed by atoms with Crippen LogP contribution < -0.4 is 0 Å². The molecule has 4 rings (SSSR count). The van der Waals surface area contributed by atoms with Crippen LogP contribution in [-0.4, -0.2) is 11.0 Å². The van der Waals surface area contributed by atoms with E-state index in [0.29, 0.717) is 12.4 Å². The van der Waals surface area contributed by atoms with E-state index in [1.54, 1.807) is 6.20 Å². The quantitative estimate of drug-likeness (QED) is 0.413. The molecular formula is C23H17N3O. The number of aromatic nitrogens is 1. The maximum atomic E-state index is 5.88. The molecule has 0 amide bonds. The highest BCUT2D eigenvalue weighted by Gasteiger charge is 2.08. The summed E-state index contributed by atoms with van der Waals surface area (Å²) in [5.41, 5.74) is 3.86. The summed E-state index contributed by atoms with van der Waals surface area (Å²) < 4.78 is 5.88. The Labute approximate surface area is 157 Å². The highest BCUT2D eigenvalue weighted by Crippen LogP contribution is 2.26. The third kappa shape index (κ3) is 4.27. The molecule has 0 radical (unpaired) electrons. The van der Waals surface area contributed by atoms with Crippen molar-refractivity contribution in [3.05, 3.63) is 96.7 Å². The maximum absolute atomic E-state index is 5.88. The maximum Gasteiger partial charge on any atom is 0.226 e. The van der Waals surface area contributed by atoms with Crippen molar-refractivity contribution < 1.29 is 4.42 Å². The first-order valence-corrected chi connectivity index (χ1v) is 8.66. The number of benzene rings is 3. The molecule has 0 aliphatic heterocycles. The molecule has 0 bridgehead atoms. The van der Waals surface area contributed by atoms with Crippen LogP contribution in [0.25, 0.3) is 22.8 Å². The van der Waals surface area contributed by atoms with Gasteiger partial charge in [0.05, 0.1) is 24.4 Å². The Hall–Kier alpha value is -3.75. The number of oxazole rings is 1. The van der Waals surface area contributed by atoms with Crippen molar-refractivity contribution in [2.75, 3.05) is 0 Å². The van der Waals surface area contributed by atoms with Gasteiger partial charge in [0.25, 0.3) is 0 Å². The fourth-order valence-corrected chi connectivity index (χ4v) is 2.62.